The van der Waals surface area contributed by atoms with E-state index in [1.807, 2.05) is 11.0 Å². The van der Waals surface area contributed by atoms with Gasteiger partial charge in [0.25, 0.3) is 0 Å². The van der Waals surface area contributed by atoms with Gasteiger partial charge < -0.3 is 14.7 Å². The number of fused-ring (bicyclic) bond motifs is 4. The topological polar surface area (TPSA) is 70.1 Å². The fourth-order valence-corrected chi connectivity index (χ4v) is 4.00. The number of rotatable bonds is 5. The molecule has 1 N–H and O–H groups in total. The number of amides is 1. The molecule has 0 unspecified atom stereocenters. The fraction of sp³-hybridized carbons (Fsp3) is 0.556. The van der Waals surface area contributed by atoms with Crippen molar-refractivity contribution >= 4 is 23.5 Å². The SMILES string of the molecule is CC(=O)N1C[C@@H]2CC[C@H](C1)N(Cc1cc(Cl)ccc1OCC(=O)O)C2. The van der Waals surface area contributed by atoms with Gasteiger partial charge in [0.2, 0.25) is 5.91 Å². The Balaban J connectivity index is 1.76. The smallest absolute Gasteiger partial charge is 0.341 e. The van der Waals surface area contributed by atoms with Crippen LogP contribution in [0.5, 0.6) is 5.75 Å². The molecule has 25 heavy (non-hydrogen) atoms. The van der Waals surface area contributed by atoms with Crippen molar-refractivity contribution in [1.82, 2.24) is 9.80 Å². The van der Waals surface area contributed by atoms with Crippen molar-refractivity contribution in [3.05, 3.63) is 28.8 Å². The van der Waals surface area contributed by atoms with Crippen LogP contribution in [-0.2, 0) is 16.1 Å². The first-order valence-electron chi connectivity index (χ1n) is 8.55. The van der Waals surface area contributed by atoms with Crippen LogP contribution in [0.25, 0.3) is 0 Å². The molecule has 4 rings (SSSR count). The Morgan fingerprint density at radius 1 is 1.28 bits per heavy atom. The first-order chi connectivity index (χ1) is 11.9. The monoisotopic (exact) mass is 366 g/mol. The molecule has 0 saturated carbocycles. The Hall–Kier alpha value is -1.79. The number of carbonyl (C=O) groups excluding carboxylic acids is 1. The third-order valence-corrected chi connectivity index (χ3v) is 5.25. The van der Waals surface area contributed by atoms with Gasteiger partial charge in [0.05, 0.1) is 0 Å². The van der Waals surface area contributed by atoms with E-state index in [1.165, 1.54) is 0 Å². The summed E-state index contributed by atoms with van der Waals surface area (Å²) in [5.41, 5.74) is 0.885. The molecule has 2 atom stereocenters. The van der Waals surface area contributed by atoms with Gasteiger partial charge in [-0.15, -0.1) is 0 Å². The molecule has 0 radical (unpaired) electrons. The highest BCUT2D eigenvalue weighted by Crippen LogP contribution is 2.32. The van der Waals surface area contributed by atoms with E-state index in [0.29, 0.717) is 29.3 Å². The second kappa shape index (κ2) is 7.62. The number of aliphatic carboxylic acids is 1. The molecule has 0 aromatic heterocycles. The van der Waals surface area contributed by atoms with Crippen molar-refractivity contribution in [3.63, 3.8) is 0 Å². The molecule has 3 aliphatic heterocycles. The Bertz CT molecular complexity index is 666. The largest absolute Gasteiger partial charge is 0.482 e. The van der Waals surface area contributed by atoms with Gasteiger partial charge in [-0.2, -0.15) is 0 Å². The highest BCUT2D eigenvalue weighted by atomic mass is 35.5. The second-order valence-corrected chi connectivity index (χ2v) is 7.32. The van der Waals surface area contributed by atoms with E-state index in [-0.39, 0.29) is 12.5 Å². The van der Waals surface area contributed by atoms with Crippen LogP contribution in [0, 0.1) is 5.92 Å². The standard InChI is InChI=1S/C18H23ClN2O4/c1-12(22)20-7-13-2-4-16(10-20)21(8-13)9-14-6-15(19)3-5-17(14)25-11-18(23)24/h3,5-6,13,16H,2,4,7-11H2,1H3,(H,23,24)/t13-,16+/m0/s1. The predicted molar refractivity (Wildman–Crippen MR) is 93.8 cm³/mol. The molecule has 1 aromatic carbocycles. The van der Waals surface area contributed by atoms with Crippen LogP contribution in [0.1, 0.15) is 25.3 Å². The number of hydrogen-bond acceptors (Lipinski definition) is 4. The van der Waals surface area contributed by atoms with Crippen molar-refractivity contribution in [2.24, 2.45) is 5.92 Å². The molecular formula is C18H23ClN2O4. The number of nitrogens with zero attached hydrogens (tertiary/aromatic N) is 2. The van der Waals surface area contributed by atoms with Gasteiger partial charge in [-0.1, -0.05) is 11.6 Å². The molecule has 3 saturated heterocycles. The van der Waals surface area contributed by atoms with E-state index in [4.69, 9.17) is 21.4 Å². The molecule has 136 valence electrons. The summed E-state index contributed by atoms with van der Waals surface area (Å²) in [7, 11) is 0. The van der Waals surface area contributed by atoms with Crippen LogP contribution in [-0.4, -0.2) is 59.1 Å². The maximum absolute atomic E-state index is 11.8. The van der Waals surface area contributed by atoms with E-state index in [9.17, 15) is 9.59 Å². The molecule has 3 aliphatic rings. The highest BCUT2D eigenvalue weighted by molar-refractivity contribution is 6.30. The lowest BCUT2D eigenvalue weighted by Gasteiger charge is -2.36. The van der Waals surface area contributed by atoms with Crippen molar-refractivity contribution in [1.29, 1.82) is 0 Å². The molecular weight excluding hydrogens is 344 g/mol. The maximum atomic E-state index is 11.8. The summed E-state index contributed by atoms with van der Waals surface area (Å²) in [6.45, 7) is 4.39. The minimum atomic E-state index is -1.01. The summed E-state index contributed by atoms with van der Waals surface area (Å²) < 4.78 is 5.42. The Kier molecular flexibility index (Phi) is 5.49. The first-order valence-corrected chi connectivity index (χ1v) is 8.92. The summed E-state index contributed by atoms with van der Waals surface area (Å²) in [5.74, 6) is 0.152. The average Bonchev–Trinajstić information content (AvgIpc) is 2.86. The van der Waals surface area contributed by atoms with Gasteiger partial charge in [-0.05, 0) is 37.0 Å². The lowest BCUT2D eigenvalue weighted by atomic mass is 9.94. The Morgan fingerprint density at radius 2 is 2.08 bits per heavy atom. The van der Waals surface area contributed by atoms with Crippen LogP contribution in [0.3, 0.4) is 0 Å². The molecule has 1 amide bonds. The van der Waals surface area contributed by atoms with Gasteiger partial charge in [0.15, 0.2) is 6.61 Å². The maximum Gasteiger partial charge on any atom is 0.341 e. The number of piperidine rings is 1. The molecule has 6 nitrogen and oxygen atoms in total. The molecule has 0 spiro atoms. The predicted octanol–water partition coefficient (Wildman–Crippen LogP) is 2.25. The molecule has 3 heterocycles. The Labute approximate surface area is 152 Å². The van der Waals surface area contributed by atoms with E-state index < -0.39 is 5.97 Å². The molecule has 1 aromatic rings. The minimum absolute atomic E-state index is 0.131. The highest BCUT2D eigenvalue weighted by Gasteiger charge is 2.35. The number of ether oxygens (including phenoxy) is 1. The first kappa shape index (κ1) is 18.0. The summed E-state index contributed by atoms with van der Waals surface area (Å²) in [4.78, 5) is 26.9. The van der Waals surface area contributed by atoms with Crippen LogP contribution in [0.4, 0.5) is 0 Å². The zero-order valence-corrected chi connectivity index (χ0v) is 15.0. The number of benzene rings is 1. The van der Waals surface area contributed by atoms with E-state index >= 15 is 0 Å². The normalized spacial score (nSPS) is 23.4. The number of halogens is 1. The lowest BCUT2D eigenvalue weighted by Crippen LogP contribution is -2.43. The van der Waals surface area contributed by atoms with Crippen LogP contribution >= 0.6 is 11.6 Å². The van der Waals surface area contributed by atoms with E-state index in [1.54, 1.807) is 19.1 Å². The van der Waals surface area contributed by atoms with E-state index in [2.05, 4.69) is 4.90 Å². The van der Waals surface area contributed by atoms with Gasteiger partial charge in [-0.25, -0.2) is 4.79 Å². The van der Waals surface area contributed by atoms with Crippen LogP contribution < -0.4 is 4.74 Å². The van der Waals surface area contributed by atoms with Crippen molar-refractivity contribution in [2.45, 2.75) is 32.4 Å². The third-order valence-electron chi connectivity index (χ3n) is 5.02. The third kappa shape index (κ3) is 4.44. The van der Waals surface area contributed by atoms with Gasteiger partial charge in [0, 0.05) is 49.7 Å². The average molecular weight is 367 g/mol. The zero-order valence-electron chi connectivity index (χ0n) is 14.3. The lowest BCUT2D eigenvalue weighted by molar-refractivity contribution is -0.139. The van der Waals surface area contributed by atoms with E-state index in [0.717, 1.165) is 38.0 Å². The van der Waals surface area contributed by atoms with Gasteiger partial charge in [-0.3, -0.25) is 9.69 Å². The molecule has 2 bridgehead atoms. The number of carboxylic acid groups (broad SMARTS) is 1. The number of carboxylic acids is 1. The van der Waals surface area contributed by atoms with Crippen molar-refractivity contribution in [3.8, 4) is 5.75 Å². The quantitative estimate of drug-likeness (QED) is 0.865. The fourth-order valence-electron chi connectivity index (χ4n) is 3.80. The summed E-state index contributed by atoms with van der Waals surface area (Å²) in [5, 5.41) is 9.45. The second-order valence-electron chi connectivity index (χ2n) is 6.89. The zero-order chi connectivity index (χ0) is 18.0. The summed E-state index contributed by atoms with van der Waals surface area (Å²) in [6, 6.07) is 5.57. The number of hydrogen-bond donors (Lipinski definition) is 1. The van der Waals surface area contributed by atoms with Gasteiger partial charge in [0.1, 0.15) is 5.75 Å². The van der Waals surface area contributed by atoms with Crippen LogP contribution in [0.15, 0.2) is 18.2 Å². The Morgan fingerprint density at radius 3 is 2.80 bits per heavy atom. The van der Waals surface area contributed by atoms with Crippen molar-refractivity contribution in [2.75, 3.05) is 26.2 Å². The summed E-state index contributed by atoms with van der Waals surface area (Å²) in [6.07, 6.45) is 2.21. The van der Waals surface area contributed by atoms with Crippen molar-refractivity contribution < 1.29 is 19.4 Å². The molecule has 0 aliphatic carbocycles. The molecule has 3 fully saturated rings. The summed E-state index contributed by atoms with van der Waals surface area (Å²) >= 11 is 6.13. The van der Waals surface area contributed by atoms with Crippen LogP contribution in [0.2, 0.25) is 5.02 Å². The number of carbonyl (C=O) groups is 2. The van der Waals surface area contributed by atoms with Gasteiger partial charge >= 0.3 is 5.97 Å². The minimum Gasteiger partial charge on any atom is -0.482 e. The molecule has 7 heteroatoms.